The van der Waals surface area contributed by atoms with E-state index in [1.54, 1.807) is 18.1 Å². The SMILES string of the molecule is COC1CCCN(C(=O)c2cccc(F)c2NN)C1. The third-order valence-electron chi connectivity index (χ3n) is 3.39. The van der Waals surface area contributed by atoms with E-state index in [0.717, 1.165) is 12.8 Å². The number of nitrogens with one attached hydrogen (secondary N) is 1. The number of piperidine rings is 1. The van der Waals surface area contributed by atoms with Gasteiger partial charge in [-0.1, -0.05) is 6.07 Å². The van der Waals surface area contributed by atoms with Crippen molar-refractivity contribution in [3.63, 3.8) is 0 Å². The number of methoxy groups -OCH3 is 1. The number of nitrogens with two attached hydrogens (primary N) is 1. The van der Waals surface area contributed by atoms with Gasteiger partial charge in [-0.2, -0.15) is 0 Å². The first kappa shape index (κ1) is 13.8. The number of likely N-dealkylation sites (tertiary alicyclic amines) is 1. The third-order valence-corrected chi connectivity index (χ3v) is 3.39. The molecule has 0 bridgehead atoms. The number of hydrogen-bond acceptors (Lipinski definition) is 4. The number of ether oxygens (including phenoxy) is 1. The lowest BCUT2D eigenvalue weighted by Gasteiger charge is -2.32. The number of halogens is 1. The molecule has 1 aliphatic heterocycles. The van der Waals surface area contributed by atoms with E-state index in [4.69, 9.17) is 10.6 Å². The number of hydrazine groups is 1. The summed E-state index contributed by atoms with van der Waals surface area (Å²) in [7, 11) is 1.63. The van der Waals surface area contributed by atoms with Gasteiger partial charge in [-0.05, 0) is 25.0 Å². The molecule has 5 nitrogen and oxygen atoms in total. The molecule has 19 heavy (non-hydrogen) atoms. The van der Waals surface area contributed by atoms with Gasteiger partial charge in [0.05, 0.1) is 17.4 Å². The molecule has 0 aliphatic carbocycles. The average molecular weight is 267 g/mol. The fourth-order valence-corrected chi connectivity index (χ4v) is 2.33. The quantitative estimate of drug-likeness (QED) is 0.641. The monoisotopic (exact) mass is 267 g/mol. The Hall–Kier alpha value is -1.66. The maximum absolute atomic E-state index is 13.6. The van der Waals surface area contributed by atoms with E-state index in [1.807, 2.05) is 0 Å². The molecule has 3 N–H and O–H groups in total. The van der Waals surface area contributed by atoms with Gasteiger partial charge in [0.15, 0.2) is 0 Å². The van der Waals surface area contributed by atoms with Crippen LogP contribution in [0.3, 0.4) is 0 Å². The second-order valence-electron chi connectivity index (χ2n) is 4.56. The van der Waals surface area contributed by atoms with Crippen LogP contribution >= 0.6 is 0 Å². The first-order chi connectivity index (χ1) is 9.17. The molecule has 1 heterocycles. The van der Waals surface area contributed by atoms with E-state index in [-0.39, 0.29) is 23.3 Å². The van der Waals surface area contributed by atoms with Crippen molar-refractivity contribution < 1.29 is 13.9 Å². The lowest BCUT2D eigenvalue weighted by Crippen LogP contribution is -2.43. The minimum Gasteiger partial charge on any atom is -0.380 e. The Morgan fingerprint density at radius 1 is 1.58 bits per heavy atom. The van der Waals surface area contributed by atoms with Crippen molar-refractivity contribution in [2.45, 2.75) is 18.9 Å². The zero-order valence-corrected chi connectivity index (χ0v) is 10.9. The van der Waals surface area contributed by atoms with Crippen LogP contribution in [0.25, 0.3) is 0 Å². The number of nitrogen functional groups attached to an aromatic ring is 1. The van der Waals surface area contributed by atoms with Crippen LogP contribution in [-0.4, -0.2) is 37.1 Å². The van der Waals surface area contributed by atoms with Crippen LogP contribution in [0.4, 0.5) is 10.1 Å². The Bertz CT molecular complexity index is 467. The minimum absolute atomic E-state index is 0.0343. The van der Waals surface area contributed by atoms with Crippen molar-refractivity contribution in [2.75, 3.05) is 25.6 Å². The highest BCUT2D eigenvalue weighted by atomic mass is 19.1. The summed E-state index contributed by atoms with van der Waals surface area (Å²) < 4.78 is 18.9. The van der Waals surface area contributed by atoms with E-state index in [9.17, 15) is 9.18 Å². The molecule has 1 amide bonds. The van der Waals surface area contributed by atoms with Gasteiger partial charge >= 0.3 is 0 Å². The van der Waals surface area contributed by atoms with Gasteiger partial charge in [0.2, 0.25) is 0 Å². The molecule has 0 saturated carbocycles. The number of anilines is 1. The Balaban J connectivity index is 2.22. The van der Waals surface area contributed by atoms with Gasteiger partial charge in [-0.15, -0.1) is 0 Å². The van der Waals surface area contributed by atoms with Crippen molar-refractivity contribution >= 4 is 11.6 Å². The summed E-state index contributed by atoms with van der Waals surface area (Å²) in [5.41, 5.74) is 2.54. The summed E-state index contributed by atoms with van der Waals surface area (Å²) in [6.45, 7) is 1.18. The number of carbonyl (C=O) groups is 1. The van der Waals surface area contributed by atoms with Crippen LogP contribution in [0, 0.1) is 5.82 Å². The van der Waals surface area contributed by atoms with E-state index in [1.165, 1.54) is 12.1 Å². The molecule has 1 unspecified atom stereocenters. The predicted octanol–water partition coefficient (Wildman–Crippen LogP) is 1.36. The van der Waals surface area contributed by atoms with E-state index in [2.05, 4.69) is 5.43 Å². The van der Waals surface area contributed by atoms with Gasteiger partial charge < -0.3 is 15.1 Å². The zero-order valence-electron chi connectivity index (χ0n) is 10.9. The largest absolute Gasteiger partial charge is 0.380 e. The molecular formula is C13H18FN3O2. The summed E-state index contributed by atoms with van der Waals surface area (Å²) in [5.74, 6) is 4.53. The highest BCUT2D eigenvalue weighted by Gasteiger charge is 2.26. The highest BCUT2D eigenvalue weighted by molar-refractivity contribution is 5.99. The average Bonchev–Trinajstić information content (AvgIpc) is 2.46. The molecule has 1 aromatic carbocycles. The second kappa shape index (κ2) is 5.99. The van der Waals surface area contributed by atoms with Crippen molar-refractivity contribution in [1.82, 2.24) is 4.90 Å². The summed E-state index contributed by atoms with van der Waals surface area (Å²) in [5, 5.41) is 0. The molecule has 6 heteroatoms. The molecular weight excluding hydrogens is 249 g/mol. The minimum atomic E-state index is -0.534. The van der Waals surface area contributed by atoms with Crippen molar-refractivity contribution in [3.8, 4) is 0 Å². The fraction of sp³-hybridized carbons (Fsp3) is 0.462. The zero-order chi connectivity index (χ0) is 13.8. The van der Waals surface area contributed by atoms with E-state index >= 15 is 0 Å². The second-order valence-corrected chi connectivity index (χ2v) is 4.56. The number of nitrogens with zero attached hydrogens (tertiary/aromatic N) is 1. The van der Waals surface area contributed by atoms with Crippen LogP contribution in [-0.2, 0) is 4.74 Å². The predicted molar refractivity (Wildman–Crippen MR) is 70.1 cm³/mol. The summed E-state index contributed by atoms with van der Waals surface area (Å²) in [6, 6.07) is 4.33. The Kier molecular flexibility index (Phi) is 4.34. The molecule has 1 aromatic rings. The van der Waals surface area contributed by atoms with E-state index < -0.39 is 5.82 Å². The molecule has 2 rings (SSSR count). The Morgan fingerprint density at radius 3 is 3.05 bits per heavy atom. The molecule has 0 radical (unpaired) electrons. The van der Waals surface area contributed by atoms with Crippen LogP contribution in [0.15, 0.2) is 18.2 Å². The highest BCUT2D eigenvalue weighted by Crippen LogP contribution is 2.22. The molecule has 0 aromatic heterocycles. The number of amides is 1. The number of carbonyl (C=O) groups excluding carboxylic acids is 1. The van der Waals surface area contributed by atoms with Gasteiger partial charge in [0.25, 0.3) is 5.91 Å². The van der Waals surface area contributed by atoms with Crippen LogP contribution in [0.2, 0.25) is 0 Å². The standard InChI is InChI=1S/C13H18FN3O2/c1-19-9-4-3-7-17(8-9)13(18)10-5-2-6-11(14)12(10)16-15/h2,5-6,9,16H,3-4,7-8,15H2,1H3. The lowest BCUT2D eigenvalue weighted by molar-refractivity contribution is 0.0269. The topological polar surface area (TPSA) is 67.6 Å². The fourth-order valence-electron chi connectivity index (χ4n) is 2.33. The Morgan fingerprint density at radius 2 is 2.37 bits per heavy atom. The molecule has 1 atom stereocenters. The van der Waals surface area contributed by atoms with Gasteiger partial charge in [0.1, 0.15) is 5.82 Å². The van der Waals surface area contributed by atoms with Gasteiger partial charge in [-0.3, -0.25) is 10.6 Å². The summed E-state index contributed by atoms with van der Waals surface area (Å²) in [6.07, 6.45) is 1.86. The van der Waals surface area contributed by atoms with Crippen LogP contribution in [0.1, 0.15) is 23.2 Å². The van der Waals surface area contributed by atoms with Crippen LogP contribution < -0.4 is 11.3 Å². The van der Waals surface area contributed by atoms with Gasteiger partial charge in [-0.25, -0.2) is 4.39 Å². The lowest BCUT2D eigenvalue weighted by atomic mass is 10.1. The summed E-state index contributed by atoms with van der Waals surface area (Å²) >= 11 is 0. The third kappa shape index (κ3) is 2.85. The molecule has 0 spiro atoms. The summed E-state index contributed by atoms with van der Waals surface area (Å²) in [4.78, 5) is 14.1. The van der Waals surface area contributed by atoms with Crippen molar-refractivity contribution in [1.29, 1.82) is 0 Å². The first-order valence-electron chi connectivity index (χ1n) is 6.24. The first-order valence-corrected chi connectivity index (χ1v) is 6.24. The molecule has 104 valence electrons. The van der Waals surface area contributed by atoms with Crippen LogP contribution in [0.5, 0.6) is 0 Å². The molecule has 1 saturated heterocycles. The number of para-hydroxylation sites is 1. The molecule has 1 fully saturated rings. The Labute approximate surface area is 111 Å². The number of benzene rings is 1. The smallest absolute Gasteiger partial charge is 0.256 e. The maximum Gasteiger partial charge on any atom is 0.256 e. The number of hydrogen-bond donors (Lipinski definition) is 2. The maximum atomic E-state index is 13.6. The normalized spacial score (nSPS) is 19.3. The van der Waals surface area contributed by atoms with Gasteiger partial charge in [0, 0.05) is 20.2 Å². The number of rotatable bonds is 3. The molecule has 1 aliphatic rings. The van der Waals surface area contributed by atoms with Crippen molar-refractivity contribution in [2.24, 2.45) is 5.84 Å². The van der Waals surface area contributed by atoms with Crippen molar-refractivity contribution in [3.05, 3.63) is 29.6 Å². The van der Waals surface area contributed by atoms with E-state index in [0.29, 0.717) is 13.1 Å².